The molecule has 1 aromatic heterocycles. The molecule has 2 heterocycles. The minimum absolute atomic E-state index is 0.101. The molecule has 2 aromatic carbocycles. The van der Waals surface area contributed by atoms with Crippen molar-refractivity contribution < 1.29 is 18.0 Å². The van der Waals surface area contributed by atoms with Crippen molar-refractivity contribution in [2.45, 2.75) is 30.3 Å². The first kappa shape index (κ1) is 18.5. The van der Waals surface area contributed by atoms with Gasteiger partial charge in [-0.25, -0.2) is 22.4 Å². The topological polar surface area (TPSA) is 114 Å². The number of hydrogen-bond donors (Lipinski definition) is 1. The van der Waals surface area contributed by atoms with Crippen LogP contribution >= 0.6 is 0 Å². The Kier molecular flexibility index (Phi) is 4.17. The van der Waals surface area contributed by atoms with E-state index in [1.807, 2.05) is 30.3 Å². The number of nitrogens with one attached hydrogen (secondary N) is 1. The molecular weight excluding hydrogens is 406 g/mol. The van der Waals surface area contributed by atoms with Crippen molar-refractivity contribution in [3.8, 4) is 0 Å². The SMILES string of the molecule is O=C(Nc1ncn(Cc2ccccc2)n1)c1ccc2c(c1)S(=O)(=O)N(C1CC1)C2=O. The number of hydrogen-bond acceptors (Lipinski definition) is 6. The first-order chi connectivity index (χ1) is 14.4. The van der Waals surface area contributed by atoms with Gasteiger partial charge < -0.3 is 0 Å². The van der Waals surface area contributed by atoms with Gasteiger partial charge in [0.2, 0.25) is 5.95 Å². The highest BCUT2D eigenvalue weighted by Crippen LogP contribution is 2.39. The summed E-state index contributed by atoms with van der Waals surface area (Å²) in [4.78, 5) is 29.0. The number of carbonyl (C=O) groups excluding carboxylic acids is 2. The fourth-order valence-electron chi connectivity index (χ4n) is 3.43. The van der Waals surface area contributed by atoms with E-state index in [1.165, 1.54) is 24.5 Å². The molecule has 1 fully saturated rings. The van der Waals surface area contributed by atoms with Crippen LogP contribution in [-0.2, 0) is 16.6 Å². The van der Waals surface area contributed by atoms with Crippen LogP contribution in [-0.4, -0.2) is 45.3 Å². The summed E-state index contributed by atoms with van der Waals surface area (Å²) in [6.07, 6.45) is 2.84. The van der Waals surface area contributed by atoms with Crippen molar-refractivity contribution in [2.24, 2.45) is 0 Å². The van der Waals surface area contributed by atoms with Crippen molar-refractivity contribution in [3.05, 3.63) is 71.5 Å². The van der Waals surface area contributed by atoms with Crippen molar-refractivity contribution in [1.29, 1.82) is 0 Å². The van der Waals surface area contributed by atoms with Gasteiger partial charge in [-0.2, -0.15) is 0 Å². The molecule has 10 heteroatoms. The predicted octanol–water partition coefficient (Wildman–Crippen LogP) is 1.89. The number of carbonyl (C=O) groups is 2. The third-order valence-corrected chi connectivity index (χ3v) is 6.91. The smallest absolute Gasteiger partial charge is 0.269 e. The van der Waals surface area contributed by atoms with Crippen LogP contribution in [0.5, 0.6) is 0 Å². The average molecular weight is 423 g/mol. The van der Waals surface area contributed by atoms with Crippen LogP contribution < -0.4 is 5.32 Å². The van der Waals surface area contributed by atoms with Crippen LogP contribution in [0.4, 0.5) is 5.95 Å². The molecule has 0 unspecified atom stereocenters. The van der Waals surface area contributed by atoms with Gasteiger partial charge in [-0.3, -0.25) is 14.9 Å². The van der Waals surface area contributed by atoms with E-state index in [9.17, 15) is 18.0 Å². The second-order valence-corrected chi connectivity index (χ2v) is 9.04. The molecule has 0 atom stereocenters. The Bertz CT molecular complexity index is 1270. The summed E-state index contributed by atoms with van der Waals surface area (Å²) in [5.74, 6) is -0.974. The van der Waals surface area contributed by atoms with E-state index in [4.69, 9.17) is 0 Å². The molecule has 0 spiro atoms. The van der Waals surface area contributed by atoms with Crippen molar-refractivity contribution in [1.82, 2.24) is 19.1 Å². The number of rotatable bonds is 5. The predicted molar refractivity (Wildman–Crippen MR) is 106 cm³/mol. The summed E-state index contributed by atoms with van der Waals surface area (Å²) in [5, 5.41) is 6.79. The number of anilines is 1. The third-order valence-electron chi connectivity index (χ3n) is 5.04. The first-order valence-electron chi connectivity index (χ1n) is 9.41. The highest BCUT2D eigenvalue weighted by atomic mass is 32.2. The fourth-order valence-corrected chi connectivity index (χ4v) is 5.27. The van der Waals surface area contributed by atoms with E-state index in [2.05, 4.69) is 15.4 Å². The molecule has 0 radical (unpaired) electrons. The minimum Gasteiger partial charge on any atom is -0.289 e. The number of amides is 2. The fraction of sp³-hybridized carbons (Fsp3) is 0.200. The molecule has 1 saturated carbocycles. The van der Waals surface area contributed by atoms with Crippen LogP contribution in [0.3, 0.4) is 0 Å². The number of benzene rings is 2. The zero-order valence-corrected chi connectivity index (χ0v) is 16.5. The van der Waals surface area contributed by atoms with Crippen LogP contribution in [0, 0.1) is 0 Å². The zero-order valence-electron chi connectivity index (χ0n) is 15.7. The van der Waals surface area contributed by atoms with Crippen LogP contribution in [0.15, 0.2) is 59.8 Å². The summed E-state index contributed by atoms with van der Waals surface area (Å²) in [7, 11) is -3.92. The lowest BCUT2D eigenvalue weighted by Gasteiger charge is -2.13. The summed E-state index contributed by atoms with van der Waals surface area (Å²) in [6.45, 7) is 0.500. The third kappa shape index (κ3) is 3.14. The monoisotopic (exact) mass is 423 g/mol. The zero-order chi connectivity index (χ0) is 20.9. The number of aromatic nitrogens is 3. The maximum Gasteiger partial charge on any atom is 0.269 e. The average Bonchev–Trinajstić information content (AvgIpc) is 3.42. The van der Waals surface area contributed by atoms with E-state index in [1.54, 1.807) is 4.68 Å². The molecule has 3 aromatic rings. The van der Waals surface area contributed by atoms with Gasteiger partial charge >= 0.3 is 0 Å². The molecule has 0 bridgehead atoms. The van der Waals surface area contributed by atoms with Gasteiger partial charge in [-0.05, 0) is 36.6 Å². The van der Waals surface area contributed by atoms with Crippen molar-refractivity contribution in [3.63, 3.8) is 0 Å². The Labute approximate surface area is 172 Å². The molecule has 9 nitrogen and oxygen atoms in total. The number of sulfonamides is 1. The summed E-state index contributed by atoms with van der Waals surface area (Å²) >= 11 is 0. The minimum atomic E-state index is -3.92. The number of nitrogens with zero attached hydrogens (tertiary/aromatic N) is 4. The maximum atomic E-state index is 12.7. The second kappa shape index (κ2) is 6.77. The first-order valence-corrected chi connectivity index (χ1v) is 10.8. The summed E-state index contributed by atoms with van der Waals surface area (Å²) in [6, 6.07) is 13.5. The van der Waals surface area contributed by atoms with Gasteiger partial charge in [0.25, 0.3) is 21.8 Å². The lowest BCUT2D eigenvalue weighted by molar-refractivity contribution is 0.0864. The molecule has 5 rings (SSSR count). The lowest BCUT2D eigenvalue weighted by atomic mass is 10.1. The van der Waals surface area contributed by atoms with Crippen molar-refractivity contribution >= 4 is 27.8 Å². The van der Waals surface area contributed by atoms with Crippen molar-refractivity contribution in [2.75, 3.05) is 5.32 Å². The van der Waals surface area contributed by atoms with E-state index in [0.29, 0.717) is 19.4 Å². The van der Waals surface area contributed by atoms with E-state index in [-0.39, 0.29) is 28.0 Å². The Morgan fingerprint density at radius 2 is 1.90 bits per heavy atom. The van der Waals surface area contributed by atoms with E-state index >= 15 is 0 Å². The van der Waals surface area contributed by atoms with Crippen LogP contribution in [0.1, 0.15) is 39.1 Å². The molecule has 1 N–H and O–H groups in total. The standard InChI is InChI=1S/C20H17N5O4S/c26-18(22-20-21-12-24(23-20)11-13-4-2-1-3-5-13)14-6-9-16-17(10-14)30(28,29)25(19(16)27)15-7-8-15/h1-6,9-10,12,15H,7-8,11H2,(H,22,23,26). The summed E-state index contributed by atoms with van der Waals surface area (Å²) < 4.78 is 28.0. The molecule has 2 amide bonds. The quantitative estimate of drug-likeness (QED) is 0.670. The molecule has 1 aliphatic carbocycles. The number of fused-ring (bicyclic) bond motifs is 1. The summed E-state index contributed by atoms with van der Waals surface area (Å²) in [5.41, 5.74) is 1.25. The van der Waals surface area contributed by atoms with E-state index < -0.39 is 21.8 Å². The van der Waals surface area contributed by atoms with Gasteiger partial charge in [0.1, 0.15) is 11.2 Å². The normalized spacial score (nSPS) is 17.1. The largest absolute Gasteiger partial charge is 0.289 e. The van der Waals surface area contributed by atoms with Gasteiger partial charge in [0.05, 0.1) is 12.1 Å². The van der Waals surface area contributed by atoms with Gasteiger partial charge in [-0.1, -0.05) is 30.3 Å². The second-order valence-electron chi connectivity index (χ2n) is 7.25. The molecule has 152 valence electrons. The Hall–Kier alpha value is -3.53. The Balaban J connectivity index is 1.35. The van der Waals surface area contributed by atoms with Crippen LogP contribution in [0.25, 0.3) is 0 Å². The molecule has 30 heavy (non-hydrogen) atoms. The molecule has 2 aliphatic rings. The van der Waals surface area contributed by atoms with Gasteiger partial charge in [0, 0.05) is 11.6 Å². The maximum absolute atomic E-state index is 12.7. The van der Waals surface area contributed by atoms with E-state index in [0.717, 1.165) is 9.87 Å². The molecule has 0 saturated heterocycles. The molecular formula is C20H17N5O4S. The molecule has 1 aliphatic heterocycles. The lowest BCUT2D eigenvalue weighted by Crippen LogP contribution is -2.31. The highest BCUT2D eigenvalue weighted by Gasteiger charge is 2.48. The Morgan fingerprint density at radius 1 is 1.13 bits per heavy atom. The van der Waals surface area contributed by atoms with Gasteiger partial charge in [0.15, 0.2) is 0 Å². The highest BCUT2D eigenvalue weighted by molar-refractivity contribution is 7.90. The van der Waals surface area contributed by atoms with Gasteiger partial charge in [-0.15, -0.1) is 5.10 Å². The Morgan fingerprint density at radius 3 is 2.63 bits per heavy atom. The van der Waals surface area contributed by atoms with Crippen LogP contribution in [0.2, 0.25) is 0 Å².